The van der Waals surface area contributed by atoms with E-state index in [2.05, 4.69) is 25.0 Å². The average molecular weight is 266 g/mol. The molecule has 2 aromatic carbocycles. The van der Waals surface area contributed by atoms with E-state index in [1.54, 1.807) is 0 Å². The summed E-state index contributed by atoms with van der Waals surface area (Å²) >= 11 is 0. The molecule has 0 saturated heterocycles. The topological polar surface area (TPSA) is 38.0 Å². The van der Waals surface area contributed by atoms with Crippen molar-refractivity contribution in [2.45, 2.75) is 26.5 Å². The summed E-state index contributed by atoms with van der Waals surface area (Å²) in [5.74, 6) is 0. The first-order chi connectivity index (χ1) is 9.65. The van der Waals surface area contributed by atoms with E-state index >= 15 is 0 Å². The molecule has 1 unspecified atom stereocenters. The van der Waals surface area contributed by atoms with Crippen molar-refractivity contribution in [3.63, 3.8) is 0 Å². The lowest BCUT2D eigenvalue weighted by molar-refractivity contribution is 0.153. The van der Waals surface area contributed by atoms with Crippen molar-refractivity contribution < 1.29 is 5.11 Å². The Hall–Kier alpha value is -2.13. The van der Waals surface area contributed by atoms with E-state index in [0.29, 0.717) is 6.54 Å². The molecule has 1 heterocycles. The van der Waals surface area contributed by atoms with Crippen molar-refractivity contribution >= 4 is 10.9 Å². The maximum atomic E-state index is 10.4. The number of rotatable bonds is 3. The van der Waals surface area contributed by atoms with E-state index in [4.69, 9.17) is 0 Å². The summed E-state index contributed by atoms with van der Waals surface area (Å²) in [5, 5.41) is 15.9. The van der Waals surface area contributed by atoms with Crippen molar-refractivity contribution in [3.05, 3.63) is 65.4 Å². The number of aliphatic hydroxyl groups excluding tert-OH is 1. The SMILES string of the molecule is Cc1ccc(C(O)Cn2ncc3ccccc32)cc1C. The normalized spacial score (nSPS) is 12.8. The highest BCUT2D eigenvalue weighted by Gasteiger charge is 2.11. The lowest BCUT2D eigenvalue weighted by Gasteiger charge is -2.13. The summed E-state index contributed by atoms with van der Waals surface area (Å²) in [6, 6.07) is 14.1. The number of aromatic nitrogens is 2. The fourth-order valence-electron chi connectivity index (χ4n) is 2.41. The molecule has 0 aliphatic heterocycles. The minimum Gasteiger partial charge on any atom is -0.386 e. The predicted molar refractivity (Wildman–Crippen MR) is 80.6 cm³/mol. The van der Waals surface area contributed by atoms with Gasteiger partial charge in [0.2, 0.25) is 0 Å². The van der Waals surface area contributed by atoms with E-state index < -0.39 is 6.10 Å². The van der Waals surface area contributed by atoms with E-state index in [1.807, 2.05) is 47.3 Å². The number of fused-ring (bicyclic) bond motifs is 1. The van der Waals surface area contributed by atoms with Crippen molar-refractivity contribution in [2.75, 3.05) is 0 Å². The van der Waals surface area contributed by atoms with Crippen LogP contribution in [0.25, 0.3) is 10.9 Å². The van der Waals surface area contributed by atoms with Crippen molar-refractivity contribution in [3.8, 4) is 0 Å². The molecule has 0 radical (unpaired) electrons. The van der Waals surface area contributed by atoms with Crippen LogP contribution in [0.3, 0.4) is 0 Å². The predicted octanol–water partition coefficient (Wildman–Crippen LogP) is 3.39. The van der Waals surface area contributed by atoms with Crippen LogP contribution in [0.4, 0.5) is 0 Å². The smallest absolute Gasteiger partial charge is 0.0986 e. The third-order valence-electron chi connectivity index (χ3n) is 3.81. The molecule has 1 aromatic heterocycles. The van der Waals surface area contributed by atoms with Crippen LogP contribution < -0.4 is 0 Å². The Bertz CT molecular complexity index is 746. The fraction of sp³-hybridized carbons (Fsp3) is 0.235. The molecule has 3 nitrogen and oxygen atoms in total. The van der Waals surface area contributed by atoms with Gasteiger partial charge in [0.25, 0.3) is 0 Å². The zero-order chi connectivity index (χ0) is 14.1. The first-order valence-electron chi connectivity index (χ1n) is 6.81. The molecular weight excluding hydrogens is 248 g/mol. The average Bonchev–Trinajstić information content (AvgIpc) is 2.85. The quantitative estimate of drug-likeness (QED) is 0.789. The standard InChI is InChI=1S/C17H18N2O/c1-12-7-8-14(9-13(12)2)17(20)11-19-16-6-4-3-5-15(16)10-18-19/h3-10,17,20H,11H2,1-2H3. The van der Waals surface area contributed by atoms with E-state index in [1.165, 1.54) is 11.1 Å². The molecule has 102 valence electrons. The van der Waals surface area contributed by atoms with Gasteiger partial charge >= 0.3 is 0 Å². The fourth-order valence-corrected chi connectivity index (χ4v) is 2.41. The Morgan fingerprint density at radius 2 is 1.90 bits per heavy atom. The van der Waals surface area contributed by atoms with Gasteiger partial charge in [0.15, 0.2) is 0 Å². The molecule has 0 aliphatic carbocycles. The lowest BCUT2D eigenvalue weighted by atomic mass is 10.0. The van der Waals surface area contributed by atoms with Crippen molar-refractivity contribution in [2.24, 2.45) is 0 Å². The van der Waals surface area contributed by atoms with Gasteiger partial charge in [-0.15, -0.1) is 0 Å². The van der Waals surface area contributed by atoms with Crippen LogP contribution in [0.5, 0.6) is 0 Å². The number of nitrogens with zero attached hydrogens (tertiary/aromatic N) is 2. The van der Waals surface area contributed by atoms with Crippen LogP contribution >= 0.6 is 0 Å². The van der Waals surface area contributed by atoms with Gasteiger partial charge in [-0.2, -0.15) is 5.10 Å². The first-order valence-corrected chi connectivity index (χ1v) is 6.81. The minimum absolute atomic E-state index is 0.468. The molecule has 0 fully saturated rings. The summed E-state index contributed by atoms with van der Waals surface area (Å²) < 4.78 is 1.86. The Kier molecular flexibility index (Phi) is 3.28. The third-order valence-corrected chi connectivity index (χ3v) is 3.81. The molecule has 0 saturated carbocycles. The van der Waals surface area contributed by atoms with Crippen LogP contribution in [0.1, 0.15) is 22.8 Å². The van der Waals surface area contributed by atoms with Gasteiger partial charge in [0, 0.05) is 5.39 Å². The van der Waals surface area contributed by atoms with Crippen molar-refractivity contribution in [1.82, 2.24) is 9.78 Å². The molecule has 3 aromatic rings. The summed E-state index contributed by atoms with van der Waals surface area (Å²) in [6.45, 7) is 4.61. The molecule has 1 atom stereocenters. The Morgan fingerprint density at radius 1 is 1.10 bits per heavy atom. The second kappa shape index (κ2) is 5.10. The maximum absolute atomic E-state index is 10.4. The molecule has 3 rings (SSSR count). The maximum Gasteiger partial charge on any atom is 0.0986 e. The highest BCUT2D eigenvalue weighted by Crippen LogP contribution is 2.21. The number of aryl methyl sites for hydroxylation is 2. The molecule has 1 N–H and O–H groups in total. The number of hydrogen-bond acceptors (Lipinski definition) is 2. The summed E-state index contributed by atoms with van der Waals surface area (Å²) in [6.07, 6.45) is 1.29. The minimum atomic E-state index is -0.544. The van der Waals surface area contributed by atoms with Crippen LogP contribution in [0.2, 0.25) is 0 Å². The summed E-state index contributed by atoms with van der Waals surface area (Å²) in [5.41, 5.74) is 4.43. The summed E-state index contributed by atoms with van der Waals surface area (Å²) in [7, 11) is 0. The van der Waals surface area contributed by atoms with Crippen LogP contribution in [-0.2, 0) is 6.54 Å². The monoisotopic (exact) mass is 266 g/mol. The number of aliphatic hydroxyl groups is 1. The second-order valence-corrected chi connectivity index (χ2v) is 5.24. The van der Waals surface area contributed by atoms with Crippen LogP contribution in [0, 0.1) is 13.8 Å². The van der Waals surface area contributed by atoms with Gasteiger partial charge < -0.3 is 5.11 Å². The van der Waals surface area contributed by atoms with E-state index in [9.17, 15) is 5.11 Å². The van der Waals surface area contributed by atoms with Gasteiger partial charge in [-0.25, -0.2) is 0 Å². The largest absolute Gasteiger partial charge is 0.386 e. The number of hydrogen-bond donors (Lipinski definition) is 1. The lowest BCUT2D eigenvalue weighted by Crippen LogP contribution is -2.10. The third kappa shape index (κ3) is 2.32. The molecule has 0 bridgehead atoms. The zero-order valence-electron chi connectivity index (χ0n) is 11.7. The Labute approximate surface area is 118 Å². The molecular formula is C17H18N2O. The molecule has 3 heteroatoms. The van der Waals surface area contributed by atoms with Crippen LogP contribution in [-0.4, -0.2) is 14.9 Å². The number of para-hydroxylation sites is 1. The van der Waals surface area contributed by atoms with E-state index in [0.717, 1.165) is 16.5 Å². The van der Waals surface area contributed by atoms with Gasteiger partial charge in [-0.3, -0.25) is 4.68 Å². The second-order valence-electron chi connectivity index (χ2n) is 5.24. The first kappa shape index (κ1) is 12.9. The van der Waals surface area contributed by atoms with Gasteiger partial charge in [0.05, 0.1) is 24.4 Å². The van der Waals surface area contributed by atoms with Gasteiger partial charge in [-0.1, -0.05) is 36.4 Å². The highest BCUT2D eigenvalue weighted by molar-refractivity contribution is 5.78. The highest BCUT2D eigenvalue weighted by atomic mass is 16.3. The molecule has 0 spiro atoms. The van der Waals surface area contributed by atoms with Crippen molar-refractivity contribution in [1.29, 1.82) is 0 Å². The Balaban J connectivity index is 1.88. The summed E-state index contributed by atoms with van der Waals surface area (Å²) in [4.78, 5) is 0. The van der Waals surface area contributed by atoms with Gasteiger partial charge in [0.1, 0.15) is 0 Å². The Morgan fingerprint density at radius 3 is 2.70 bits per heavy atom. The molecule has 0 aliphatic rings. The number of benzene rings is 2. The molecule has 0 amide bonds. The van der Waals surface area contributed by atoms with E-state index in [-0.39, 0.29) is 0 Å². The van der Waals surface area contributed by atoms with Crippen LogP contribution in [0.15, 0.2) is 48.7 Å². The van der Waals surface area contributed by atoms with Gasteiger partial charge in [-0.05, 0) is 36.6 Å². The zero-order valence-corrected chi connectivity index (χ0v) is 11.7. The molecule has 20 heavy (non-hydrogen) atoms.